The van der Waals surface area contributed by atoms with E-state index in [1.165, 1.54) is 0 Å². The molecule has 4 N–H and O–H groups in total. The predicted octanol–water partition coefficient (Wildman–Crippen LogP) is 2.66. The van der Waals surface area contributed by atoms with Gasteiger partial charge in [0.05, 0.1) is 13.2 Å². The monoisotopic (exact) mass is 492 g/mol. The highest BCUT2D eigenvalue weighted by molar-refractivity contribution is 5.68. The van der Waals surface area contributed by atoms with Crippen LogP contribution in [0.2, 0.25) is 0 Å². The average molecular weight is 493 g/mol. The first-order chi connectivity index (χ1) is 16.5. The number of hydrogen-bond acceptors (Lipinski definition) is 10. The lowest BCUT2D eigenvalue weighted by atomic mass is 10.1. The van der Waals surface area contributed by atoms with Crippen LogP contribution in [-0.4, -0.2) is 71.0 Å². The minimum atomic E-state index is -1.04. The van der Waals surface area contributed by atoms with Crippen LogP contribution in [0, 0.1) is 0 Å². The van der Waals surface area contributed by atoms with Gasteiger partial charge in [0.2, 0.25) is 0 Å². The maximum absolute atomic E-state index is 11.4. The summed E-state index contributed by atoms with van der Waals surface area (Å²) in [6.45, 7) is -1.34. The number of aliphatic hydroxyl groups is 4. The zero-order chi connectivity index (χ0) is 25.3. The normalized spacial score (nSPS) is 13.2. The molecule has 0 aromatic rings. The lowest BCUT2D eigenvalue weighted by molar-refractivity contribution is -0.283. The van der Waals surface area contributed by atoms with Crippen molar-refractivity contribution in [3.05, 3.63) is 12.2 Å². The molecule has 0 aliphatic rings. The third kappa shape index (κ3) is 23.6. The van der Waals surface area contributed by atoms with Gasteiger partial charge < -0.3 is 20.4 Å². The van der Waals surface area contributed by atoms with E-state index in [4.69, 9.17) is 20.4 Å². The first kappa shape index (κ1) is 32.4. The van der Waals surface area contributed by atoms with Crippen molar-refractivity contribution in [3.8, 4) is 0 Å². The molecule has 0 bridgehead atoms. The van der Waals surface area contributed by atoms with Crippen molar-refractivity contribution in [1.82, 2.24) is 0 Å². The molecule has 0 aromatic heterocycles. The fourth-order valence-electron chi connectivity index (χ4n) is 2.90. The molecular weight excluding hydrogens is 448 g/mol. The van der Waals surface area contributed by atoms with Crippen LogP contribution in [0.5, 0.6) is 0 Å². The van der Waals surface area contributed by atoms with Gasteiger partial charge in [-0.3, -0.25) is 9.78 Å². The van der Waals surface area contributed by atoms with E-state index in [2.05, 4.69) is 31.7 Å². The summed E-state index contributed by atoms with van der Waals surface area (Å²) in [6.07, 6.45) is 15.0. The van der Waals surface area contributed by atoms with Crippen LogP contribution >= 0.6 is 0 Å². The number of carbonyl (C=O) groups is 2. The Bertz CT molecular complexity index is 468. The highest BCUT2D eigenvalue weighted by Crippen LogP contribution is 2.11. The quantitative estimate of drug-likeness (QED) is 0.0685. The summed E-state index contributed by atoms with van der Waals surface area (Å²) < 4.78 is 0. The molecule has 0 rings (SSSR count). The fourth-order valence-corrected chi connectivity index (χ4v) is 2.90. The van der Waals surface area contributed by atoms with Gasteiger partial charge in [-0.1, -0.05) is 50.7 Å². The van der Waals surface area contributed by atoms with Gasteiger partial charge in [-0.2, -0.15) is 9.78 Å². The maximum Gasteiger partial charge on any atom is 0.342 e. The summed E-state index contributed by atoms with van der Waals surface area (Å²) in [6, 6.07) is 0. The summed E-state index contributed by atoms with van der Waals surface area (Å²) in [5.74, 6) is -0.922. The van der Waals surface area contributed by atoms with Crippen LogP contribution < -0.4 is 0 Å². The van der Waals surface area contributed by atoms with Crippen molar-refractivity contribution in [1.29, 1.82) is 0 Å². The summed E-state index contributed by atoms with van der Waals surface area (Å²) in [5, 5.41) is 35.3. The molecule has 0 aliphatic carbocycles. The van der Waals surface area contributed by atoms with Gasteiger partial charge in [0.1, 0.15) is 25.4 Å². The summed E-state index contributed by atoms with van der Waals surface area (Å²) in [7, 11) is 0. The number of hydrogen-bond donors (Lipinski definition) is 4. The lowest BCUT2D eigenvalue weighted by Gasteiger charge is -2.07. The highest BCUT2D eigenvalue weighted by Gasteiger charge is 2.08. The van der Waals surface area contributed by atoms with Crippen LogP contribution in [0.1, 0.15) is 89.9 Å². The Balaban J connectivity index is 3.31. The van der Waals surface area contributed by atoms with Crippen molar-refractivity contribution in [2.24, 2.45) is 0 Å². The number of carbonyl (C=O) groups excluding carboxylic acids is 2. The van der Waals surface area contributed by atoms with E-state index in [9.17, 15) is 9.59 Å². The number of allylic oxidation sites excluding steroid dienone is 2. The van der Waals surface area contributed by atoms with Crippen LogP contribution in [-0.2, 0) is 29.1 Å². The summed E-state index contributed by atoms with van der Waals surface area (Å²) in [4.78, 5) is 40.9. The van der Waals surface area contributed by atoms with Gasteiger partial charge in [0.25, 0.3) is 0 Å². The molecule has 0 fully saturated rings. The topological polar surface area (TPSA) is 152 Å². The van der Waals surface area contributed by atoms with Gasteiger partial charge in [-0.15, -0.1) is 0 Å². The largest absolute Gasteiger partial charge is 0.394 e. The molecule has 0 heterocycles. The average Bonchev–Trinajstić information content (AvgIpc) is 2.83. The Hall–Kier alpha value is -1.56. The van der Waals surface area contributed by atoms with Crippen LogP contribution in [0.3, 0.4) is 0 Å². The first-order valence-corrected chi connectivity index (χ1v) is 12.4. The van der Waals surface area contributed by atoms with E-state index in [-0.39, 0.29) is 26.1 Å². The molecular formula is C24H44O10. The standard InChI is InChI=1S/C24H44O10/c25-17-21(27)19-31-33-23(29)15-13-11-9-7-5-3-1-2-4-6-8-10-12-14-16-24(30)34-32-20-22(28)18-26/h1-2,21-22,25-28H,3-20H2/b2-1+. The van der Waals surface area contributed by atoms with Crippen molar-refractivity contribution >= 4 is 11.9 Å². The molecule has 0 saturated carbocycles. The second-order valence-electron chi connectivity index (χ2n) is 8.24. The van der Waals surface area contributed by atoms with Crippen LogP contribution in [0.15, 0.2) is 12.2 Å². The number of rotatable bonds is 24. The maximum atomic E-state index is 11.4. The van der Waals surface area contributed by atoms with E-state index in [1.54, 1.807) is 0 Å². The van der Waals surface area contributed by atoms with E-state index < -0.39 is 37.4 Å². The first-order valence-electron chi connectivity index (χ1n) is 12.4. The van der Waals surface area contributed by atoms with Crippen LogP contribution in [0.25, 0.3) is 0 Å². The third-order valence-corrected chi connectivity index (χ3v) is 4.92. The summed E-state index contributed by atoms with van der Waals surface area (Å²) in [5.41, 5.74) is 0. The second kappa shape index (κ2) is 24.6. The Labute approximate surface area is 202 Å². The minimum absolute atomic E-state index is 0.231. The number of unbranched alkanes of at least 4 members (excludes halogenated alkanes) is 10. The molecule has 0 saturated heterocycles. The van der Waals surface area contributed by atoms with Crippen molar-refractivity contribution in [2.75, 3.05) is 26.4 Å². The zero-order valence-corrected chi connectivity index (χ0v) is 20.3. The van der Waals surface area contributed by atoms with Gasteiger partial charge in [0.15, 0.2) is 0 Å². The van der Waals surface area contributed by atoms with Gasteiger partial charge in [-0.05, 0) is 38.5 Å². The van der Waals surface area contributed by atoms with Crippen molar-refractivity contribution in [3.63, 3.8) is 0 Å². The molecule has 34 heavy (non-hydrogen) atoms. The van der Waals surface area contributed by atoms with E-state index in [0.717, 1.165) is 77.0 Å². The highest BCUT2D eigenvalue weighted by atomic mass is 17.2. The molecule has 10 nitrogen and oxygen atoms in total. The summed E-state index contributed by atoms with van der Waals surface area (Å²) >= 11 is 0. The molecule has 0 aliphatic heterocycles. The SMILES string of the molecule is O=C(CCCCCCC/C=C/CCCCCCCC(=O)OOCC(O)CO)OOCC(O)CO. The predicted molar refractivity (Wildman–Crippen MR) is 124 cm³/mol. The smallest absolute Gasteiger partial charge is 0.342 e. The molecule has 0 spiro atoms. The molecule has 200 valence electrons. The fraction of sp³-hybridized carbons (Fsp3) is 0.833. The third-order valence-electron chi connectivity index (χ3n) is 4.92. The van der Waals surface area contributed by atoms with E-state index >= 15 is 0 Å². The van der Waals surface area contributed by atoms with E-state index in [1.807, 2.05) is 0 Å². The minimum Gasteiger partial charge on any atom is -0.394 e. The van der Waals surface area contributed by atoms with Gasteiger partial charge in [-0.25, -0.2) is 9.59 Å². The Morgan fingerprint density at radius 2 is 0.941 bits per heavy atom. The van der Waals surface area contributed by atoms with Gasteiger partial charge in [0, 0.05) is 12.8 Å². The molecule has 10 heteroatoms. The Morgan fingerprint density at radius 1 is 0.588 bits per heavy atom. The van der Waals surface area contributed by atoms with E-state index in [0.29, 0.717) is 0 Å². The molecule has 2 unspecified atom stereocenters. The zero-order valence-electron chi connectivity index (χ0n) is 20.3. The molecule has 0 aromatic carbocycles. The Kier molecular flexibility index (Phi) is 23.4. The molecule has 0 radical (unpaired) electrons. The van der Waals surface area contributed by atoms with Crippen LogP contribution in [0.4, 0.5) is 0 Å². The van der Waals surface area contributed by atoms with Gasteiger partial charge >= 0.3 is 11.9 Å². The van der Waals surface area contributed by atoms with Crippen molar-refractivity contribution < 1.29 is 49.6 Å². The Morgan fingerprint density at radius 3 is 1.32 bits per heavy atom. The van der Waals surface area contributed by atoms with Crippen molar-refractivity contribution in [2.45, 2.75) is 102 Å². The molecule has 2 atom stereocenters. The number of aliphatic hydroxyl groups excluding tert-OH is 4. The second-order valence-corrected chi connectivity index (χ2v) is 8.24. The molecule has 0 amide bonds. The lowest BCUT2D eigenvalue weighted by Crippen LogP contribution is -2.20.